The van der Waals surface area contributed by atoms with Crippen molar-refractivity contribution in [1.29, 1.82) is 0 Å². The summed E-state index contributed by atoms with van der Waals surface area (Å²) in [5, 5.41) is 0. The molecule has 1 heteroatoms. The van der Waals surface area contributed by atoms with Gasteiger partial charge in [0.25, 0.3) is 0 Å². The van der Waals surface area contributed by atoms with E-state index in [0.717, 1.165) is 5.75 Å². The summed E-state index contributed by atoms with van der Waals surface area (Å²) in [5.41, 5.74) is 1.17. The molecule has 1 aromatic rings. The molecular weight excluding hydrogens is 184 g/mol. The maximum atomic E-state index is 5.08. The van der Waals surface area contributed by atoms with E-state index in [1.807, 2.05) is 61.6 Å². The van der Waals surface area contributed by atoms with E-state index in [2.05, 4.69) is 6.08 Å². The predicted octanol–water partition coefficient (Wildman–Crippen LogP) is 3.84. The molecule has 0 amide bonds. The highest BCUT2D eigenvalue weighted by atomic mass is 16.5. The molecule has 0 aromatic heterocycles. The Labute approximate surface area is 91.4 Å². The van der Waals surface area contributed by atoms with E-state index < -0.39 is 0 Å². The molecule has 15 heavy (non-hydrogen) atoms. The van der Waals surface area contributed by atoms with Gasteiger partial charge in [0.05, 0.1) is 7.11 Å². The van der Waals surface area contributed by atoms with Crippen LogP contribution in [-0.2, 0) is 0 Å². The third-order valence-electron chi connectivity index (χ3n) is 1.93. The number of rotatable bonds is 4. The van der Waals surface area contributed by atoms with Crippen LogP contribution in [0.15, 0.2) is 54.6 Å². The Bertz CT molecular complexity index is 355. The first kappa shape index (κ1) is 11.3. The van der Waals surface area contributed by atoms with E-state index in [1.165, 1.54) is 5.56 Å². The van der Waals surface area contributed by atoms with Gasteiger partial charge in [0.2, 0.25) is 0 Å². The van der Waals surface area contributed by atoms with Crippen molar-refractivity contribution in [3.8, 4) is 5.75 Å². The van der Waals surface area contributed by atoms with Crippen molar-refractivity contribution in [3.63, 3.8) is 0 Å². The standard InChI is InChI=1S/C14H16O/c1-3-4-5-6-7-8-13-9-11-14(15-2)12-10-13/h3-12H,1-2H3/b4-3-,6-5-,8-7+. The summed E-state index contributed by atoms with van der Waals surface area (Å²) in [4.78, 5) is 0. The number of methoxy groups -OCH3 is 1. The van der Waals surface area contributed by atoms with Crippen molar-refractivity contribution in [2.45, 2.75) is 6.92 Å². The minimum absolute atomic E-state index is 0.886. The summed E-state index contributed by atoms with van der Waals surface area (Å²) in [5.74, 6) is 0.886. The first-order chi connectivity index (χ1) is 7.36. The van der Waals surface area contributed by atoms with E-state index in [0.29, 0.717) is 0 Å². The lowest BCUT2D eigenvalue weighted by Crippen LogP contribution is -1.81. The van der Waals surface area contributed by atoms with Gasteiger partial charge in [-0.15, -0.1) is 0 Å². The lowest BCUT2D eigenvalue weighted by Gasteiger charge is -1.98. The van der Waals surface area contributed by atoms with Crippen molar-refractivity contribution in [1.82, 2.24) is 0 Å². The van der Waals surface area contributed by atoms with Crippen molar-refractivity contribution >= 4 is 6.08 Å². The molecule has 1 rings (SSSR count). The van der Waals surface area contributed by atoms with Crippen molar-refractivity contribution in [3.05, 3.63) is 60.2 Å². The van der Waals surface area contributed by atoms with E-state index in [1.54, 1.807) is 7.11 Å². The maximum Gasteiger partial charge on any atom is 0.118 e. The second-order valence-corrected chi connectivity index (χ2v) is 3.04. The zero-order valence-corrected chi connectivity index (χ0v) is 9.18. The molecule has 0 aliphatic heterocycles. The molecule has 0 heterocycles. The average molecular weight is 200 g/mol. The monoisotopic (exact) mass is 200 g/mol. The van der Waals surface area contributed by atoms with Crippen LogP contribution < -0.4 is 4.74 Å². The van der Waals surface area contributed by atoms with Gasteiger partial charge in [-0.2, -0.15) is 0 Å². The number of hydrogen-bond donors (Lipinski definition) is 0. The quantitative estimate of drug-likeness (QED) is 0.671. The molecule has 0 spiro atoms. The van der Waals surface area contributed by atoms with Crippen molar-refractivity contribution in [2.24, 2.45) is 0 Å². The smallest absolute Gasteiger partial charge is 0.118 e. The fourth-order valence-corrected chi connectivity index (χ4v) is 1.12. The summed E-state index contributed by atoms with van der Waals surface area (Å²) in [7, 11) is 1.67. The first-order valence-electron chi connectivity index (χ1n) is 4.97. The number of ether oxygens (including phenoxy) is 1. The number of benzene rings is 1. The van der Waals surface area contributed by atoms with Crippen LogP contribution in [0.5, 0.6) is 5.75 Å². The molecule has 78 valence electrons. The predicted molar refractivity (Wildman–Crippen MR) is 66.0 cm³/mol. The molecule has 0 bridgehead atoms. The average Bonchev–Trinajstić information content (AvgIpc) is 2.30. The largest absolute Gasteiger partial charge is 0.497 e. The summed E-state index contributed by atoms with van der Waals surface area (Å²) in [6, 6.07) is 7.96. The van der Waals surface area contributed by atoms with Crippen molar-refractivity contribution < 1.29 is 4.74 Å². The van der Waals surface area contributed by atoms with E-state index in [-0.39, 0.29) is 0 Å². The number of allylic oxidation sites excluding steroid dienone is 5. The van der Waals surface area contributed by atoms with E-state index >= 15 is 0 Å². The van der Waals surface area contributed by atoms with Crippen LogP contribution >= 0.6 is 0 Å². The molecule has 0 saturated carbocycles. The Balaban J connectivity index is 2.57. The second kappa shape index (κ2) is 6.66. The minimum atomic E-state index is 0.886. The minimum Gasteiger partial charge on any atom is -0.497 e. The molecule has 1 nitrogen and oxygen atoms in total. The molecule has 0 saturated heterocycles. The van der Waals surface area contributed by atoms with Gasteiger partial charge in [-0.1, -0.05) is 48.6 Å². The SMILES string of the molecule is C\C=C/C=C\C=C\c1ccc(OC)cc1. The summed E-state index contributed by atoms with van der Waals surface area (Å²) >= 11 is 0. The summed E-state index contributed by atoms with van der Waals surface area (Å²) in [6.45, 7) is 2.00. The lowest BCUT2D eigenvalue weighted by molar-refractivity contribution is 0.415. The third-order valence-corrected chi connectivity index (χ3v) is 1.93. The van der Waals surface area contributed by atoms with E-state index in [4.69, 9.17) is 4.74 Å². The normalized spacial score (nSPS) is 11.9. The highest BCUT2D eigenvalue weighted by molar-refractivity contribution is 5.52. The molecule has 0 radical (unpaired) electrons. The van der Waals surface area contributed by atoms with Gasteiger partial charge in [-0.05, 0) is 24.6 Å². The summed E-state index contributed by atoms with van der Waals surface area (Å²) < 4.78 is 5.08. The molecule has 0 aliphatic rings. The Hall–Kier alpha value is -1.76. The van der Waals surface area contributed by atoms with Crippen LogP contribution in [0, 0.1) is 0 Å². The summed E-state index contributed by atoms with van der Waals surface area (Å²) in [6.07, 6.45) is 12.1. The molecule has 0 unspecified atom stereocenters. The molecule has 0 atom stereocenters. The second-order valence-electron chi connectivity index (χ2n) is 3.04. The third kappa shape index (κ3) is 4.32. The van der Waals surface area contributed by atoms with Crippen molar-refractivity contribution in [2.75, 3.05) is 7.11 Å². The topological polar surface area (TPSA) is 9.23 Å². The molecule has 0 N–H and O–H groups in total. The number of hydrogen-bond acceptors (Lipinski definition) is 1. The fraction of sp³-hybridized carbons (Fsp3) is 0.143. The van der Waals surface area contributed by atoms with Crippen LogP contribution in [0.4, 0.5) is 0 Å². The van der Waals surface area contributed by atoms with Gasteiger partial charge >= 0.3 is 0 Å². The molecule has 0 fully saturated rings. The Morgan fingerprint density at radius 1 is 0.933 bits per heavy atom. The van der Waals surface area contributed by atoms with E-state index in [9.17, 15) is 0 Å². The Kier molecular flexibility index (Phi) is 5.02. The van der Waals surface area contributed by atoms with Crippen LogP contribution in [0.2, 0.25) is 0 Å². The molecular formula is C14H16O. The highest BCUT2D eigenvalue weighted by Crippen LogP contribution is 2.12. The zero-order chi connectivity index (χ0) is 10.9. The van der Waals surface area contributed by atoms with Crippen LogP contribution in [-0.4, -0.2) is 7.11 Å². The van der Waals surface area contributed by atoms with Gasteiger partial charge in [-0.3, -0.25) is 0 Å². The molecule has 1 aromatic carbocycles. The van der Waals surface area contributed by atoms with Crippen LogP contribution in [0.1, 0.15) is 12.5 Å². The van der Waals surface area contributed by atoms with Gasteiger partial charge in [0.1, 0.15) is 5.75 Å². The van der Waals surface area contributed by atoms with Gasteiger partial charge in [0.15, 0.2) is 0 Å². The first-order valence-corrected chi connectivity index (χ1v) is 4.97. The van der Waals surface area contributed by atoms with Crippen LogP contribution in [0.3, 0.4) is 0 Å². The van der Waals surface area contributed by atoms with Gasteiger partial charge in [-0.25, -0.2) is 0 Å². The maximum absolute atomic E-state index is 5.08. The zero-order valence-electron chi connectivity index (χ0n) is 9.18. The highest BCUT2D eigenvalue weighted by Gasteiger charge is 1.88. The fourth-order valence-electron chi connectivity index (χ4n) is 1.12. The lowest BCUT2D eigenvalue weighted by atomic mass is 10.2. The Morgan fingerprint density at radius 2 is 1.60 bits per heavy atom. The van der Waals surface area contributed by atoms with Gasteiger partial charge < -0.3 is 4.74 Å². The Morgan fingerprint density at radius 3 is 2.20 bits per heavy atom. The van der Waals surface area contributed by atoms with Crippen LogP contribution in [0.25, 0.3) is 6.08 Å². The van der Waals surface area contributed by atoms with Gasteiger partial charge in [0, 0.05) is 0 Å². The molecule has 0 aliphatic carbocycles.